The highest BCUT2D eigenvalue weighted by molar-refractivity contribution is 5.27. The molecule has 0 saturated heterocycles. The van der Waals surface area contributed by atoms with E-state index in [4.69, 9.17) is 16.2 Å². The van der Waals surface area contributed by atoms with Gasteiger partial charge in [-0.05, 0) is 12.5 Å². The molecule has 1 rings (SSSR count). The van der Waals surface area contributed by atoms with Crippen molar-refractivity contribution in [3.05, 3.63) is 23.4 Å². The van der Waals surface area contributed by atoms with E-state index in [1.165, 1.54) is 0 Å². The number of aryl methyl sites for hydroxylation is 1. The van der Waals surface area contributed by atoms with Crippen LogP contribution >= 0.6 is 0 Å². The van der Waals surface area contributed by atoms with Crippen LogP contribution in [0.5, 0.6) is 5.88 Å². The van der Waals surface area contributed by atoms with E-state index in [0.717, 1.165) is 11.3 Å². The van der Waals surface area contributed by atoms with Crippen molar-refractivity contribution in [3.8, 4) is 5.88 Å². The highest BCUT2D eigenvalue weighted by atomic mass is 16.5. The first-order valence-corrected chi connectivity index (χ1v) is 4.16. The van der Waals surface area contributed by atoms with Crippen molar-refractivity contribution in [2.75, 3.05) is 13.7 Å². The maximum Gasteiger partial charge on any atom is 0.213 e. The van der Waals surface area contributed by atoms with E-state index < -0.39 is 0 Å². The van der Waals surface area contributed by atoms with Gasteiger partial charge in [0.2, 0.25) is 5.88 Å². The Kier molecular flexibility index (Phi) is 3.22. The van der Waals surface area contributed by atoms with Gasteiger partial charge in [-0.3, -0.25) is 0 Å². The quantitative estimate of drug-likeness (QED) is 0.706. The summed E-state index contributed by atoms with van der Waals surface area (Å²) in [5, 5.41) is 0. The minimum absolute atomic E-state index is 0.140. The summed E-state index contributed by atoms with van der Waals surface area (Å²) < 4.78 is 4.98. The summed E-state index contributed by atoms with van der Waals surface area (Å²) in [6, 6.07) is 3.55. The van der Waals surface area contributed by atoms with Crippen molar-refractivity contribution in [1.82, 2.24) is 4.98 Å². The van der Waals surface area contributed by atoms with Crippen molar-refractivity contribution in [2.24, 2.45) is 11.5 Å². The molecule has 0 bridgehead atoms. The molecule has 0 radical (unpaired) electrons. The normalized spacial score (nSPS) is 12.6. The van der Waals surface area contributed by atoms with Gasteiger partial charge in [0.25, 0.3) is 0 Å². The fourth-order valence-electron chi connectivity index (χ4n) is 1.18. The van der Waals surface area contributed by atoms with Crippen LogP contribution in [0.3, 0.4) is 0 Å². The first-order valence-electron chi connectivity index (χ1n) is 4.16. The van der Waals surface area contributed by atoms with Crippen LogP contribution < -0.4 is 16.2 Å². The predicted octanol–water partition coefficient (Wildman–Crippen LogP) is 0.357. The third kappa shape index (κ3) is 2.17. The Hall–Kier alpha value is -1.13. The van der Waals surface area contributed by atoms with Crippen molar-refractivity contribution in [3.63, 3.8) is 0 Å². The Labute approximate surface area is 77.9 Å². The summed E-state index contributed by atoms with van der Waals surface area (Å²) in [7, 11) is 1.59. The van der Waals surface area contributed by atoms with Gasteiger partial charge in [-0.25, -0.2) is 4.98 Å². The molecule has 4 N–H and O–H groups in total. The molecule has 1 aromatic heterocycles. The number of aromatic nitrogens is 1. The van der Waals surface area contributed by atoms with E-state index in [-0.39, 0.29) is 6.04 Å². The number of nitrogens with two attached hydrogens (primary N) is 2. The second-order valence-corrected chi connectivity index (χ2v) is 2.87. The zero-order chi connectivity index (χ0) is 9.84. The smallest absolute Gasteiger partial charge is 0.213 e. The number of hydrogen-bond acceptors (Lipinski definition) is 4. The molecule has 72 valence electrons. The van der Waals surface area contributed by atoms with Crippen LogP contribution in [-0.4, -0.2) is 18.6 Å². The summed E-state index contributed by atoms with van der Waals surface area (Å²) >= 11 is 0. The molecule has 0 aromatic carbocycles. The average Bonchev–Trinajstić information content (AvgIpc) is 2.16. The average molecular weight is 181 g/mol. The lowest BCUT2D eigenvalue weighted by molar-refractivity contribution is 0.396. The van der Waals surface area contributed by atoms with Crippen LogP contribution in [-0.2, 0) is 0 Å². The van der Waals surface area contributed by atoms with E-state index in [1.807, 2.05) is 13.0 Å². The van der Waals surface area contributed by atoms with Crippen LogP contribution in [0, 0.1) is 6.92 Å². The summed E-state index contributed by atoms with van der Waals surface area (Å²) in [4.78, 5) is 4.20. The summed E-state index contributed by atoms with van der Waals surface area (Å²) in [6.45, 7) is 2.32. The van der Waals surface area contributed by atoms with E-state index >= 15 is 0 Å². The standard InChI is InChI=1S/C9H15N3O/c1-6-7(8(11)5-10)3-4-9(12-6)13-2/h3-4,8H,5,10-11H2,1-2H3/t8-/m1/s1. The van der Waals surface area contributed by atoms with Crippen LogP contribution in [0.15, 0.2) is 12.1 Å². The molecular weight excluding hydrogens is 166 g/mol. The highest BCUT2D eigenvalue weighted by Gasteiger charge is 2.08. The maximum absolute atomic E-state index is 5.78. The molecule has 0 fully saturated rings. The molecule has 1 aromatic rings. The number of pyridine rings is 1. The molecule has 4 nitrogen and oxygen atoms in total. The van der Waals surface area contributed by atoms with Crippen molar-refractivity contribution in [2.45, 2.75) is 13.0 Å². The van der Waals surface area contributed by atoms with E-state index in [0.29, 0.717) is 12.4 Å². The topological polar surface area (TPSA) is 74.2 Å². The maximum atomic E-state index is 5.78. The first-order chi connectivity index (χ1) is 6.19. The lowest BCUT2D eigenvalue weighted by Crippen LogP contribution is -2.21. The predicted molar refractivity (Wildman–Crippen MR) is 51.5 cm³/mol. The largest absolute Gasteiger partial charge is 0.481 e. The zero-order valence-corrected chi connectivity index (χ0v) is 7.95. The lowest BCUT2D eigenvalue weighted by Gasteiger charge is -2.12. The van der Waals surface area contributed by atoms with Gasteiger partial charge >= 0.3 is 0 Å². The Morgan fingerprint density at radius 1 is 1.54 bits per heavy atom. The highest BCUT2D eigenvalue weighted by Crippen LogP contribution is 2.16. The summed E-state index contributed by atoms with van der Waals surface area (Å²) in [5.74, 6) is 0.602. The van der Waals surface area contributed by atoms with Gasteiger partial charge in [0, 0.05) is 24.3 Å². The molecule has 1 atom stereocenters. The second kappa shape index (κ2) is 4.20. The molecule has 0 unspecified atom stereocenters. The van der Waals surface area contributed by atoms with Gasteiger partial charge in [-0.15, -0.1) is 0 Å². The second-order valence-electron chi connectivity index (χ2n) is 2.87. The molecule has 1 heterocycles. The van der Waals surface area contributed by atoms with Crippen LogP contribution in [0.2, 0.25) is 0 Å². The monoisotopic (exact) mass is 181 g/mol. The van der Waals surface area contributed by atoms with Gasteiger partial charge in [-0.1, -0.05) is 6.07 Å². The van der Waals surface area contributed by atoms with Gasteiger partial charge < -0.3 is 16.2 Å². The molecule has 0 amide bonds. The third-order valence-corrected chi connectivity index (χ3v) is 1.96. The molecule has 0 aliphatic rings. The SMILES string of the molecule is COc1ccc([C@H](N)CN)c(C)n1. The fraction of sp³-hybridized carbons (Fsp3) is 0.444. The first kappa shape index (κ1) is 9.95. The molecule has 0 aliphatic heterocycles. The van der Waals surface area contributed by atoms with E-state index in [1.54, 1.807) is 13.2 Å². The Morgan fingerprint density at radius 2 is 2.23 bits per heavy atom. The molecule has 0 saturated carbocycles. The Morgan fingerprint density at radius 3 is 2.69 bits per heavy atom. The fourth-order valence-corrected chi connectivity index (χ4v) is 1.18. The number of nitrogens with zero attached hydrogens (tertiary/aromatic N) is 1. The molecule has 0 spiro atoms. The van der Waals surface area contributed by atoms with Crippen LogP contribution in [0.1, 0.15) is 17.3 Å². The minimum Gasteiger partial charge on any atom is -0.481 e. The number of ether oxygens (including phenoxy) is 1. The van der Waals surface area contributed by atoms with Crippen LogP contribution in [0.4, 0.5) is 0 Å². The van der Waals surface area contributed by atoms with Gasteiger partial charge in [0.15, 0.2) is 0 Å². The molecular formula is C9H15N3O. The van der Waals surface area contributed by atoms with E-state index in [9.17, 15) is 0 Å². The zero-order valence-electron chi connectivity index (χ0n) is 7.95. The third-order valence-electron chi connectivity index (χ3n) is 1.96. The van der Waals surface area contributed by atoms with Crippen molar-refractivity contribution < 1.29 is 4.74 Å². The number of hydrogen-bond donors (Lipinski definition) is 2. The summed E-state index contributed by atoms with van der Waals surface area (Å²) in [6.07, 6.45) is 0. The lowest BCUT2D eigenvalue weighted by atomic mass is 10.1. The molecule has 4 heteroatoms. The van der Waals surface area contributed by atoms with Gasteiger partial charge in [-0.2, -0.15) is 0 Å². The Bertz CT molecular complexity index is 288. The number of rotatable bonds is 3. The minimum atomic E-state index is -0.140. The van der Waals surface area contributed by atoms with Gasteiger partial charge in [0.1, 0.15) is 0 Å². The van der Waals surface area contributed by atoms with Crippen molar-refractivity contribution in [1.29, 1.82) is 0 Å². The summed E-state index contributed by atoms with van der Waals surface area (Å²) in [5.41, 5.74) is 13.1. The van der Waals surface area contributed by atoms with E-state index in [2.05, 4.69) is 4.98 Å². The van der Waals surface area contributed by atoms with Crippen LogP contribution in [0.25, 0.3) is 0 Å². The molecule has 13 heavy (non-hydrogen) atoms. The Balaban J connectivity index is 2.98. The number of methoxy groups -OCH3 is 1. The van der Waals surface area contributed by atoms with Gasteiger partial charge in [0.05, 0.1) is 7.11 Å². The molecule has 0 aliphatic carbocycles. The van der Waals surface area contributed by atoms with Crippen molar-refractivity contribution >= 4 is 0 Å².